The third-order valence-electron chi connectivity index (χ3n) is 2.64. The van der Waals surface area contributed by atoms with Gasteiger partial charge in [0.1, 0.15) is 6.10 Å². The fourth-order valence-electron chi connectivity index (χ4n) is 1.50. The van der Waals surface area contributed by atoms with Crippen LogP contribution in [0.25, 0.3) is 0 Å². The van der Waals surface area contributed by atoms with Gasteiger partial charge in [-0.05, 0) is 13.0 Å². The predicted octanol–water partition coefficient (Wildman–Crippen LogP) is -0.140. The Morgan fingerprint density at radius 3 is 2.55 bits per heavy atom. The zero-order chi connectivity index (χ0) is 15.4. The lowest BCUT2D eigenvalue weighted by molar-refractivity contribution is -0.385. The summed E-state index contributed by atoms with van der Waals surface area (Å²) in [4.78, 5) is 31.7. The molecule has 20 heavy (non-hydrogen) atoms. The van der Waals surface area contributed by atoms with Gasteiger partial charge in [0, 0.05) is 23.9 Å². The number of nitrogens with one attached hydrogen (secondary N) is 1. The maximum Gasteiger partial charge on any atom is 0.336 e. The first-order valence-corrected chi connectivity index (χ1v) is 5.47. The molecule has 9 nitrogen and oxygen atoms in total. The maximum absolute atomic E-state index is 10.9. The molecule has 0 spiro atoms. The van der Waals surface area contributed by atoms with Crippen LogP contribution in [0.2, 0.25) is 0 Å². The fourth-order valence-corrected chi connectivity index (χ4v) is 1.50. The van der Waals surface area contributed by atoms with Crippen molar-refractivity contribution in [3.8, 4) is 0 Å². The molecule has 1 atom stereocenters. The SMILES string of the molecule is Cc1c(NCC(O)C(N)=O)cc(C(=O)O)cc1[N+](=O)[O-]. The van der Waals surface area contributed by atoms with Crippen molar-refractivity contribution in [2.24, 2.45) is 5.73 Å². The number of primary amides is 1. The number of carboxylic acids is 1. The summed E-state index contributed by atoms with van der Waals surface area (Å²) in [5.41, 5.74) is 4.54. The number of nitrogens with two attached hydrogens (primary N) is 1. The van der Waals surface area contributed by atoms with Crippen LogP contribution in [-0.4, -0.2) is 39.7 Å². The number of amides is 1. The van der Waals surface area contributed by atoms with Gasteiger partial charge in [-0.15, -0.1) is 0 Å². The highest BCUT2D eigenvalue weighted by Gasteiger charge is 2.20. The normalized spacial score (nSPS) is 11.7. The molecule has 5 N–H and O–H groups in total. The quantitative estimate of drug-likeness (QED) is 0.418. The summed E-state index contributed by atoms with van der Waals surface area (Å²) in [5, 5.41) is 31.6. The second-order valence-electron chi connectivity index (χ2n) is 4.03. The van der Waals surface area contributed by atoms with Gasteiger partial charge in [-0.2, -0.15) is 0 Å². The van der Waals surface area contributed by atoms with Crippen molar-refractivity contribution in [3.63, 3.8) is 0 Å². The molecule has 1 aromatic rings. The Morgan fingerprint density at radius 1 is 1.50 bits per heavy atom. The van der Waals surface area contributed by atoms with Gasteiger partial charge in [0.05, 0.1) is 10.5 Å². The monoisotopic (exact) mass is 283 g/mol. The number of carboxylic acid groups (broad SMARTS) is 1. The van der Waals surface area contributed by atoms with Crippen molar-refractivity contribution in [1.82, 2.24) is 0 Å². The highest BCUT2D eigenvalue weighted by molar-refractivity contribution is 5.90. The Morgan fingerprint density at radius 2 is 2.10 bits per heavy atom. The zero-order valence-electron chi connectivity index (χ0n) is 10.5. The summed E-state index contributed by atoms with van der Waals surface area (Å²) in [5.74, 6) is -2.29. The lowest BCUT2D eigenvalue weighted by Crippen LogP contribution is -2.34. The first-order chi connectivity index (χ1) is 9.23. The number of nitrogens with zero attached hydrogens (tertiary/aromatic N) is 1. The molecule has 9 heteroatoms. The Hall–Kier alpha value is -2.68. The molecule has 0 aliphatic rings. The van der Waals surface area contributed by atoms with Gasteiger partial charge in [0.25, 0.3) is 5.69 Å². The number of hydrogen-bond donors (Lipinski definition) is 4. The summed E-state index contributed by atoms with van der Waals surface area (Å²) >= 11 is 0. The lowest BCUT2D eigenvalue weighted by atomic mass is 10.1. The number of aliphatic hydroxyl groups excluding tert-OH is 1. The Bertz CT molecular complexity index is 572. The van der Waals surface area contributed by atoms with E-state index in [2.05, 4.69) is 5.32 Å². The molecule has 0 saturated carbocycles. The zero-order valence-corrected chi connectivity index (χ0v) is 10.5. The van der Waals surface area contributed by atoms with Crippen molar-refractivity contribution in [2.45, 2.75) is 13.0 Å². The van der Waals surface area contributed by atoms with Crippen LogP contribution < -0.4 is 11.1 Å². The van der Waals surface area contributed by atoms with Gasteiger partial charge >= 0.3 is 5.97 Å². The van der Waals surface area contributed by atoms with Crippen LogP contribution in [-0.2, 0) is 4.79 Å². The molecular weight excluding hydrogens is 270 g/mol. The van der Waals surface area contributed by atoms with Crippen LogP contribution >= 0.6 is 0 Å². The van der Waals surface area contributed by atoms with Gasteiger partial charge in [-0.25, -0.2) is 4.79 Å². The molecular formula is C11H13N3O6. The number of carbonyl (C=O) groups is 2. The summed E-state index contributed by atoms with van der Waals surface area (Å²) < 4.78 is 0. The second-order valence-corrected chi connectivity index (χ2v) is 4.03. The van der Waals surface area contributed by atoms with E-state index in [1.165, 1.54) is 13.0 Å². The standard InChI is InChI=1S/C11H13N3O6/c1-5-7(13-4-9(15)10(12)16)2-6(11(17)18)3-8(5)14(19)20/h2-3,9,13,15H,4H2,1H3,(H2,12,16)(H,17,18). The van der Waals surface area contributed by atoms with Crippen molar-refractivity contribution < 1.29 is 24.7 Å². The molecule has 0 heterocycles. The van der Waals surface area contributed by atoms with Gasteiger partial charge in [0.15, 0.2) is 0 Å². The molecule has 1 amide bonds. The molecule has 0 saturated heterocycles. The number of aliphatic hydroxyl groups is 1. The number of nitro benzene ring substituents is 1. The summed E-state index contributed by atoms with van der Waals surface area (Å²) in [6, 6.07) is 2.12. The number of hydrogen-bond acceptors (Lipinski definition) is 6. The number of benzene rings is 1. The smallest absolute Gasteiger partial charge is 0.336 e. The van der Waals surface area contributed by atoms with Crippen molar-refractivity contribution in [1.29, 1.82) is 0 Å². The van der Waals surface area contributed by atoms with E-state index < -0.39 is 22.9 Å². The van der Waals surface area contributed by atoms with Crippen molar-refractivity contribution >= 4 is 23.3 Å². The Labute approximate surface area is 113 Å². The minimum Gasteiger partial charge on any atom is -0.478 e. The van der Waals surface area contributed by atoms with E-state index in [-0.39, 0.29) is 29.0 Å². The third kappa shape index (κ3) is 3.42. The largest absolute Gasteiger partial charge is 0.478 e. The van der Waals surface area contributed by atoms with E-state index in [4.69, 9.17) is 10.8 Å². The summed E-state index contributed by atoms with van der Waals surface area (Å²) in [6.07, 6.45) is -1.48. The average molecular weight is 283 g/mol. The lowest BCUT2D eigenvalue weighted by Gasteiger charge is -2.13. The van der Waals surface area contributed by atoms with Crippen molar-refractivity contribution in [2.75, 3.05) is 11.9 Å². The number of rotatable bonds is 6. The topological polar surface area (TPSA) is 156 Å². The predicted molar refractivity (Wildman–Crippen MR) is 68.5 cm³/mol. The average Bonchev–Trinajstić information content (AvgIpc) is 2.36. The maximum atomic E-state index is 10.9. The summed E-state index contributed by atoms with van der Waals surface area (Å²) in [7, 11) is 0. The molecule has 0 fully saturated rings. The number of anilines is 1. The van der Waals surface area contributed by atoms with Crippen LogP contribution in [0, 0.1) is 17.0 Å². The Balaban J connectivity index is 3.14. The number of carbonyl (C=O) groups excluding carboxylic acids is 1. The number of nitro groups is 1. The highest BCUT2D eigenvalue weighted by atomic mass is 16.6. The van der Waals surface area contributed by atoms with Crippen LogP contribution in [0.1, 0.15) is 15.9 Å². The molecule has 0 aliphatic heterocycles. The van der Waals surface area contributed by atoms with E-state index >= 15 is 0 Å². The first-order valence-electron chi connectivity index (χ1n) is 5.47. The fraction of sp³-hybridized carbons (Fsp3) is 0.273. The first kappa shape index (κ1) is 15.4. The molecule has 0 bridgehead atoms. The summed E-state index contributed by atoms with van der Waals surface area (Å²) in [6.45, 7) is 1.14. The number of aromatic carboxylic acids is 1. The molecule has 108 valence electrons. The van der Waals surface area contributed by atoms with Gasteiger partial charge in [-0.1, -0.05) is 0 Å². The highest BCUT2D eigenvalue weighted by Crippen LogP contribution is 2.27. The van der Waals surface area contributed by atoms with Crippen LogP contribution in [0.3, 0.4) is 0 Å². The van der Waals surface area contributed by atoms with Gasteiger partial charge in [0.2, 0.25) is 5.91 Å². The molecule has 0 radical (unpaired) electrons. The second kappa shape index (κ2) is 5.97. The molecule has 1 aromatic carbocycles. The van der Waals surface area contributed by atoms with Gasteiger partial charge < -0.3 is 21.3 Å². The van der Waals surface area contributed by atoms with Crippen LogP contribution in [0.5, 0.6) is 0 Å². The van der Waals surface area contributed by atoms with E-state index in [0.717, 1.165) is 6.07 Å². The Kier molecular flexibility index (Phi) is 4.59. The molecule has 1 unspecified atom stereocenters. The van der Waals surface area contributed by atoms with E-state index in [1.54, 1.807) is 0 Å². The van der Waals surface area contributed by atoms with Crippen LogP contribution in [0.15, 0.2) is 12.1 Å². The van der Waals surface area contributed by atoms with Gasteiger partial charge in [-0.3, -0.25) is 14.9 Å². The van der Waals surface area contributed by atoms with Crippen LogP contribution in [0.4, 0.5) is 11.4 Å². The minimum absolute atomic E-state index is 0.136. The molecule has 1 rings (SSSR count). The van der Waals surface area contributed by atoms with E-state index in [9.17, 15) is 24.8 Å². The van der Waals surface area contributed by atoms with E-state index in [1.807, 2.05) is 0 Å². The van der Waals surface area contributed by atoms with Crippen molar-refractivity contribution in [3.05, 3.63) is 33.4 Å². The molecule has 0 aliphatic carbocycles. The molecule has 0 aromatic heterocycles. The minimum atomic E-state index is -1.48. The van der Waals surface area contributed by atoms with E-state index in [0.29, 0.717) is 0 Å². The third-order valence-corrected chi connectivity index (χ3v) is 2.64.